The molecule has 1 N–H and O–H groups in total. The first-order chi connectivity index (χ1) is 11.9. The van der Waals surface area contributed by atoms with Crippen molar-refractivity contribution in [3.05, 3.63) is 0 Å². The van der Waals surface area contributed by atoms with Crippen LogP contribution in [0, 0.1) is 0 Å². The highest BCUT2D eigenvalue weighted by Gasteiger charge is 2.34. The maximum atomic E-state index is 11.4. The van der Waals surface area contributed by atoms with E-state index >= 15 is 0 Å². The molecule has 2 fully saturated rings. The number of nitrogens with one attached hydrogen (secondary N) is 1. The van der Waals surface area contributed by atoms with Crippen molar-refractivity contribution in [2.75, 3.05) is 52.1 Å². The Bertz CT molecular complexity index is 520. The molecule has 2 rings (SSSR count). The third-order valence-electron chi connectivity index (χ3n) is 4.70. The summed E-state index contributed by atoms with van der Waals surface area (Å²) in [5.74, 6) is 0. The Balaban J connectivity index is 1.62. The van der Waals surface area contributed by atoms with Crippen LogP contribution in [0.3, 0.4) is 0 Å². The monoisotopic (exact) mass is 377 g/mol. The molecule has 1 amide bonds. The molecule has 2 saturated heterocycles. The van der Waals surface area contributed by atoms with Crippen molar-refractivity contribution >= 4 is 16.2 Å². The van der Waals surface area contributed by atoms with Crippen LogP contribution in [0.1, 0.15) is 32.6 Å². The molecule has 0 aliphatic carbocycles. The van der Waals surface area contributed by atoms with Gasteiger partial charge in [0.1, 0.15) is 12.7 Å². The first kappa shape index (κ1) is 20.4. The number of piperazine rings is 1. The average Bonchev–Trinajstić information content (AvgIpc) is 2.91. The van der Waals surface area contributed by atoms with Crippen molar-refractivity contribution in [1.82, 2.24) is 15.1 Å². The Kier molecular flexibility index (Phi) is 7.92. The van der Waals surface area contributed by atoms with E-state index in [-0.39, 0.29) is 12.6 Å². The Morgan fingerprint density at radius 2 is 1.80 bits per heavy atom. The van der Waals surface area contributed by atoms with E-state index < -0.39 is 22.3 Å². The van der Waals surface area contributed by atoms with Crippen LogP contribution in [0.2, 0.25) is 0 Å². The number of carbonyl (C=O) groups is 1. The minimum Gasteiger partial charge on any atom is -0.442 e. The minimum atomic E-state index is -3.53. The van der Waals surface area contributed by atoms with E-state index in [1.54, 1.807) is 0 Å². The summed E-state index contributed by atoms with van der Waals surface area (Å²) >= 11 is 0. The van der Waals surface area contributed by atoms with Gasteiger partial charge in [0.25, 0.3) is 10.1 Å². The molecule has 0 aromatic rings. The third-order valence-corrected chi connectivity index (χ3v) is 5.27. The molecule has 2 aliphatic rings. The quantitative estimate of drug-likeness (QED) is 0.441. The van der Waals surface area contributed by atoms with E-state index in [0.29, 0.717) is 0 Å². The number of hydrogen-bond donors (Lipinski definition) is 1. The van der Waals surface area contributed by atoms with Crippen molar-refractivity contribution in [3.63, 3.8) is 0 Å². The minimum absolute atomic E-state index is 0.123. The standard InChI is InChI=1S/C16H31N3O5S/c1-3-7-18-9-11-19(12-10-18)8-5-4-6-14-15(24-16(20)17-14)13-23-25(2,21)22/h14-15H,3-13H2,1-2H3,(H,17,20). The van der Waals surface area contributed by atoms with Crippen molar-refractivity contribution in [2.45, 2.75) is 44.8 Å². The van der Waals surface area contributed by atoms with Crippen LogP contribution < -0.4 is 5.32 Å². The molecule has 2 aliphatic heterocycles. The van der Waals surface area contributed by atoms with E-state index in [1.807, 2.05) is 0 Å². The lowest BCUT2D eigenvalue weighted by Gasteiger charge is -2.34. The molecule has 9 heteroatoms. The zero-order valence-electron chi connectivity index (χ0n) is 15.3. The summed E-state index contributed by atoms with van der Waals surface area (Å²) in [4.78, 5) is 16.4. The van der Waals surface area contributed by atoms with E-state index in [1.165, 1.54) is 13.0 Å². The molecule has 0 saturated carbocycles. The fourth-order valence-electron chi connectivity index (χ4n) is 3.35. The summed E-state index contributed by atoms with van der Waals surface area (Å²) in [6, 6.07) is -0.185. The van der Waals surface area contributed by atoms with Crippen molar-refractivity contribution in [2.24, 2.45) is 0 Å². The average molecular weight is 378 g/mol. The van der Waals surface area contributed by atoms with Crippen molar-refractivity contribution < 1.29 is 22.1 Å². The summed E-state index contributed by atoms with van der Waals surface area (Å²) in [5.41, 5.74) is 0. The Morgan fingerprint density at radius 3 is 2.40 bits per heavy atom. The maximum Gasteiger partial charge on any atom is 0.407 e. The molecule has 0 radical (unpaired) electrons. The van der Waals surface area contributed by atoms with Gasteiger partial charge < -0.3 is 19.9 Å². The largest absolute Gasteiger partial charge is 0.442 e. The molecule has 25 heavy (non-hydrogen) atoms. The number of amides is 1. The second kappa shape index (κ2) is 9.70. The zero-order valence-corrected chi connectivity index (χ0v) is 16.1. The van der Waals surface area contributed by atoms with Gasteiger partial charge in [0.05, 0.1) is 12.3 Å². The Hall–Kier alpha value is -0.900. The number of unbranched alkanes of at least 4 members (excludes halogenated alkanes) is 1. The molecular formula is C16H31N3O5S. The predicted octanol–water partition coefficient (Wildman–Crippen LogP) is 0.638. The first-order valence-corrected chi connectivity index (χ1v) is 11.0. The summed E-state index contributed by atoms with van der Waals surface area (Å²) in [6.07, 6.45) is 3.93. The SMILES string of the molecule is CCCN1CCN(CCCCC2NC(=O)OC2COS(C)(=O)=O)CC1. The first-order valence-electron chi connectivity index (χ1n) is 9.13. The third kappa shape index (κ3) is 7.47. The van der Waals surface area contributed by atoms with Crippen LogP contribution in [0.4, 0.5) is 4.79 Å². The lowest BCUT2D eigenvalue weighted by molar-refractivity contribution is 0.0920. The van der Waals surface area contributed by atoms with Crippen molar-refractivity contribution in [1.29, 1.82) is 0 Å². The predicted molar refractivity (Wildman–Crippen MR) is 95.0 cm³/mol. The van der Waals surface area contributed by atoms with E-state index in [4.69, 9.17) is 8.92 Å². The van der Waals surface area contributed by atoms with Gasteiger partial charge in [-0.1, -0.05) is 6.92 Å². The highest BCUT2D eigenvalue weighted by atomic mass is 32.2. The summed E-state index contributed by atoms with van der Waals surface area (Å²) in [6.45, 7) is 8.87. The lowest BCUT2D eigenvalue weighted by Crippen LogP contribution is -2.46. The van der Waals surface area contributed by atoms with Gasteiger partial charge in [-0.05, 0) is 38.8 Å². The number of alkyl carbamates (subject to hydrolysis) is 1. The highest BCUT2D eigenvalue weighted by molar-refractivity contribution is 7.85. The molecule has 2 heterocycles. The van der Waals surface area contributed by atoms with Gasteiger partial charge in [-0.25, -0.2) is 4.79 Å². The fourth-order valence-corrected chi connectivity index (χ4v) is 3.73. The normalized spacial score (nSPS) is 25.8. The van der Waals surface area contributed by atoms with Gasteiger partial charge in [0, 0.05) is 26.2 Å². The number of cyclic esters (lactones) is 1. The summed E-state index contributed by atoms with van der Waals surface area (Å²) in [7, 11) is -3.53. The molecule has 0 spiro atoms. The Morgan fingerprint density at radius 1 is 1.16 bits per heavy atom. The highest BCUT2D eigenvalue weighted by Crippen LogP contribution is 2.16. The van der Waals surface area contributed by atoms with Crippen LogP contribution >= 0.6 is 0 Å². The van der Waals surface area contributed by atoms with Gasteiger partial charge in [0.2, 0.25) is 0 Å². The van der Waals surface area contributed by atoms with Crippen LogP contribution in [0.15, 0.2) is 0 Å². The molecule has 8 nitrogen and oxygen atoms in total. The maximum absolute atomic E-state index is 11.4. The van der Waals surface area contributed by atoms with E-state index in [9.17, 15) is 13.2 Å². The fraction of sp³-hybridized carbons (Fsp3) is 0.938. The van der Waals surface area contributed by atoms with Gasteiger partial charge in [-0.3, -0.25) is 4.18 Å². The molecule has 2 unspecified atom stereocenters. The van der Waals surface area contributed by atoms with Crippen molar-refractivity contribution in [3.8, 4) is 0 Å². The summed E-state index contributed by atoms with van der Waals surface area (Å²) < 4.78 is 32.0. The van der Waals surface area contributed by atoms with Gasteiger partial charge in [-0.2, -0.15) is 8.42 Å². The molecule has 0 bridgehead atoms. The molecule has 2 atom stereocenters. The second-order valence-corrected chi connectivity index (χ2v) is 8.51. The molecular weight excluding hydrogens is 346 g/mol. The second-order valence-electron chi connectivity index (χ2n) is 6.86. The van der Waals surface area contributed by atoms with Gasteiger partial charge in [0.15, 0.2) is 0 Å². The lowest BCUT2D eigenvalue weighted by atomic mass is 10.1. The molecule has 146 valence electrons. The number of hydrogen-bond acceptors (Lipinski definition) is 7. The van der Waals surface area contributed by atoms with Crippen LogP contribution in [0.5, 0.6) is 0 Å². The number of carbonyl (C=O) groups excluding carboxylic acids is 1. The van der Waals surface area contributed by atoms with Gasteiger partial charge in [-0.15, -0.1) is 0 Å². The molecule has 0 aromatic carbocycles. The topological polar surface area (TPSA) is 88.2 Å². The van der Waals surface area contributed by atoms with E-state index in [0.717, 1.165) is 58.2 Å². The van der Waals surface area contributed by atoms with Crippen LogP contribution in [-0.4, -0.2) is 88.6 Å². The van der Waals surface area contributed by atoms with Crippen LogP contribution in [0.25, 0.3) is 0 Å². The number of nitrogens with zero attached hydrogens (tertiary/aromatic N) is 2. The van der Waals surface area contributed by atoms with Gasteiger partial charge >= 0.3 is 6.09 Å². The smallest absolute Gasteiger partial charge is 0.407 e. The zero-order chi connectivity index (χ0) is 18.3. The number of ether oxygens (including phenoxy) is 1. The molecule has 0 aromatic heterocycles. The summed E-state index contributed by atoms with van der Waals surface area (Å²) in [5, 5.41) is 2.74. The number of rotatable bonds is 10. The van der Waals surface area contributed by atoms with E-state index in [2.05, 4.69) is 22.0 Å². The Labute approximate surface area is 150 Å². The van der Waals surface area contributed by atoms with Crippen LogP contribution in [-0.2, 0) is 19.0 Å².